The van der Waals surface area contributed by atoms with E-state index in [1.165, 1.54) is 35.5 Å². The zero-order valence-electron chi connectivity index (χ0n) is 19.2. The minimum atomic E-state index is -3.68. The Kier molecular flexibility index (Phi) is 7.60. The molecule has 0 bridgehead atoms. The molecule has 2 aromatic carbocycles. The van der Waals surface area contributed by atoms with Gasteiger partial charge in [0.2, 0.25) is 15.9 Å². The first kappa shape index (κ1) is 24.5. The second-order valence-corrected chi connectivity index (χ2v) is 9.96. The van der Waals surface area contributed by atoms with Crippen molar-refractivity contribution in [2.24, 2.45) is 0 Å². The van der Waals surface area contributed by atoms with Crippen molar-refractivity contribution in [3.05, 3.63) is 48.5 Å². The molecule has 0 unspecified atom stereocenters. The number of carbonyl (C=O) groups is 2. The van der Waals surface area contributed by atoms with Crippen LogP contribution in [0.1, 0.15) is 12.8 Å². The average molecular weight is 476 g/mol. The summed E-state index contributed by atoms with van der Waals surface area (Å²) in [7, 11) is 2.59. The number of carbonyl (C=O) groups excluding carboxylic acids is 2. The maximum Gasteiger partial charge on any atom is 0.265 e. The van der Waals surface area contributed by atoms with Crippen LogP contribution in [0.4, 0.5) is 5.69 Å². The summed E-state index contributed by atoms with van der Waals surface area (Å²) in [6, 6.07) is 13.2. The van der Waals surface area contributed by atoms with Gasteiger partial charge in [0.1, 0.15) is 11.5 Å². The summed E-state index contributed by atoms with van der Waals surface area (Å²) in [4.78, 5) is 28.6. The SMILES string of the molecule is COc1ccc(S(=O)(=O)N(C)CCCC(=O)N2C[C@@H](C(=O)N(C)C)Oc3ccccc32)cc1. The molecule has 0 N–H and O–H groups in total. The number of anilines is 1. The van der Waals surface area contributed by atoms with Gasteiger partial charge in [0.15, 0.2) is 6.10 Å². The number of ether oxygens (including phenoxy) is 2. The van der Waals surface area contributed by atoms with Gasteiger partial charge in [-0.05, 0) is 42.8 Å². The predicted molar refractivity (Wildman–Crippen MR) is 124 cm³/mol. The van der Waals surface area contributed by atoms with Crippen LogP contribution < -0.4 is 14.4 Å². The van der Waals surface area contributed by atoms with Gasteiger partial charge in [-0.2, -0.15) is 0 Å². The van der Waals surface area contributed by atoms with Crippen molar-refractivity contribution >= 4 is 27.5 Å². The zero-order chi connectivity index (χ0) is 24.2. The lowest BCUT2D eigenvalue weighted by Gasteiger charge is -2.35. The van der Waals surface area contributed by atoms with E-state index < -0.39 is 16.1 Å². The lowest BCUT2D eigenvalue weighted by atomic mass is 10.1. The second kappa shape index (κ2) is 10.2. The van der Waals surface area contributed by atoms with E-state index in [0.717, 1.165) is 0 Å². The Labute approximate surface area is 194 Å². The second-order valence-electron chi connectivity index (χ2n) is 7.92. The number of fused-ring (bicyclic) bond motifs is 1. The third-order valence-corrected chi connectivity index (χ3v) is 7.29. The summed E-state index contributed by atoms with van der Waals surface area (Å²) >= 11 is 0. The van der Waals surface area contributed by atoms with E-state index in [-0.39, 0.29) is 36.2 Å². The number of sulfonamides is 1. The van der Waals surface area contributed by atoms with Gasteiger partial charge in [-0.3, -0.25) is 9.59 Å². The first-order valence-corrected chi connectivity index (χ1v) is 12.0. The normalized spacial score (nSPS) is 15.5. The van der Waals surface area contributed by atoms with Gasteiger partial charge < -0.3 is 19.3 Å². The van der Waals surface area contributed by atoms with Crippen LogP contribution in [-0.2, 0) is 19.6 Å². The van der Waals surface area contributed by atoms with E-state index >= 15 is 0 Å². The number of rotatable bonds is 8. The predicted octanol–water partition coefficient (Wildman–Crippen LogP) is 1.98. The van der Waals surface area contributed by atoms with E-state index in [0.29, 0.717) is 23.6 Å². The van der Waals surface area contributed by atoms with Gasteiger partial charge in [0.25, 0.3) is 5.91 Å². The van der Waals surface area contributed by atoms with Crippen LogP contribution in [0.3, 0.4) is 0 Å². The van der Waals surface area contributed by atoms with Crippen LogP contribution in [0, 0.1) is 0 Å². The molecule has 1 heterocycles. The molecule has 0 aliphatic carbocycles. The molecule has 1 atom stereocenters. The topological polar surface area (TPSA) is 96.5 Å². The maximum absolute atomic E-state index is 13.0. The minimum Gasteiger partial charge on any atom is -0.497 e. The molecule has 9 nitrogen and oxygen atoms in total. The molecule has 0 spiro atoms. The first-order chi connectivity index (χ1) is 15.6. The lowest BCUT2D eigenvalue weighted by Crippen LogP contribution is -2.50. The lowest BCUT2D eigenvalue weighted by molar-refractivity contribution is -0.136. The highest BCUT2D eigenvalue weighted by atomic mass is 32.2. The van der Waals surface area contributed by atoms with Crippen LogP contribution >= 0.6 is 0 Å². The molecule has 0 radical (unpaired) electrons. The largest absolute Gasteiger partial charge is 0.497 e. The van der Waals surface area contributed by atoms with Crippen LogP contribution in [-0.4, -0.2) is 76.9 Å². The maximum atomic E-state index is 13.0. The van der Waals surface area contributed by atoms with E-state index in [4.69, 9.17) is 9.47 Å². The summed E-state index contributed by atoms with van der Waals surface area (Å²) in [6.45, 7) is 0.277. The van der Waals surface area contributed by atoms with Crippen molar-refractivity contribution in [1.29, 1.82) is 0 Å². The molecular weight excluding hydrogens is 446 g/mol. The molecule has 33 heavy (non-hydrogen) atoms. The van der Waals surface area contributed by atoms with Gasteiger partial charge in [-0.25, -0.2) is 12.7 Å². The fourth-order valence-electron chi connectivity index (χ4n) is 3.52. The van der Waals surface area contributed by atoms with Gasteiger partial charge >= 0.3 is 0 Å². The first-order valence-electron chi connectivity index (χ1n) is 10.5. The van der Waals surface area contributed by atoms with Crippen LogP contribution in [0.25, 0.3) is 0 Å². The molecule has 178 valence electrons. The number of hydrogen-bond donors (Lipinski definition) is 0. The summed E-state index contributed by atoms with van der Waals surface area (Å²) in [5, 5.41) is 0. The Hall–Kier alpha value is -3.11. The highest BCUT2D eigenvalue weighted by Gasteiger charge is 2.34. The Morgan fingerprint density at radius 2 is 1.76 bits per heavy atom. The summed E-state index contributed by atoms with van der Waals surface area (Å²) < 4.78 is 37.7. The molecule has 2 amide bonds. The van der Waals surface area contributed by atoms with E-state index in [2.05, 4.69) is 0 Å². The fraction of sp³-hybridized carbons (Fsp3) is 0.391. The number of hydrogen-bond acceptors (Lipinski definition) is 6. The minimum absolute atomic E-state index is 0.104. The smallest absolute Gasteiger partial charge is 0.265 e. The third-order valence-electron chi connectivity index (χ3n) is 5.42. The van der Waals surface area contributed by atoms with Gasteiger partial charge in [0.05, 0.1) is 24.2 Å². The molecule has 1 aliphatic heterocycles. The quantitative estimate of drug-likeness (QED) is 0.579. The van der Waals surface area contributed by atoms with Crippen molar-refractivity contribution in [1.82, 2.24) is 9.21 Å². The molecule has 10 heteroatoms. The number of methoxy groups -OCH3 is 1. The number of nitrogens with zero attached hydrogens (tertiary/aromatic N) is 3. The Bertz CT molecular complexity index is 1100. The van der Waals surface area contributed by atoms with E-state index in [1.54, 1.807) is 55.4 Å². The monoisotopic (exact) mass is 475 g/mol. The van der Waals surface area contributed by atoms with Gasteiger partial charge in [-0.1, -0.05) is 12.1 Å². The standard InChI is InChI=1S/C23H29N3O6S/c1-24(2)23(28)21-16-26(19-8-5-6-9-20(19)32-21)22(27)10-7-15-25(3)33(29,30)18-13-11-17(31-4)12-14-18/h5-6,8-9,11-14,21H,7,10,15-16H2,1-4H3/t21-/m0/s1. The van der Waals surface area contributed by atoms with Gasteiger partial charge in [-0.15, -0.1) is 0 Å². The molecule has 0 fully saturated rings. The van der Waals surface area contributed by atoms with E-state index in [1.807, 2.05) is 0 Å². The molecule has 0 aromatic heterocycles. The highest BCUT2D eigenvalue weighted by Crippen LogP contribution is 2.34. The molecule has 3 rings (SSSR count). The molecule has 0 saturated carbocycles. The molecule has 2 aromatic rings. The summed E-state index contributed by atoms with van der Waals surface area (Å²) in [5.74, 6) is 0.612. The Morgan fingerprint density at radius 1 is 1.09 bits per heavy atom. The molecule has 1 aliphatic rings. The van der Waals surface area contributed by atoms with Crippen LogP contribution in [0.5, 0.6) is 11.5 Å². The fourth-order valence-corrected chi connectivity index (χ4v) is 4.73. The van der Waals surface area contributed by atoms with Crippen molar-refractivity contribution < 1.29 is 27.5 Å². The third kappa shape index (κ3) is 5.45. The molecular formula is C23H29N3O6S. The van der Waals surface area contributed by atoms with Crippen molar-refractivity contribution in [3.63, 3.8) is 0 Å². The van der Waals surface area contributed by atoms with Crippen molar-refractivity contribution in [2.45, 2.75) is 23.8 Å². The number of likely N-dealkylation sites (N-methyl/N-ethyl adjacent to an activating group) is 1. The zero-order valence-corrected chi connectivity index (χ0v) is 20.0. The van der Waals surface area contributed by atoms with Crippen molar-refractivity contribution in [3.8, 4) is 11.5 Å². The Morgan fingerprint density at radius 3 is 2.39 bits per heavy atom. The summed E-state index contributed by atoms with van der Waals surface area (Å²) in [5.41, 5.74) is 0.601. The van der Waals surface area contributed by atoms with Crippen LogP contribution in [0.2, 0.25) is 0 Å². The van der Waals surface area contributed by atoms with Gasteiger partial charge in [0, 0.05) is 34.1 Å². The molecule has 0 saturated heterocycles. The van der Waals surface area contributed by atoms with Crippen molar-refractivity contribution in [2.75, 3.05) is 46.2 Å². The van der Waals surface area contributed by atoms with Crippen LogP contribution in [0.15, 0.2) is 53.4 Å². The number of amides is 2. The average Bonchev–Trinajstić information content (AvgIpc) is 2.82. The number of benzene rings is 2. The Balaban J connectivity index is 1.65. The summed E-state index contributed by atoms with van der Waals surface area (Å²) in [6.07, 6.45) is -0.340. The van der Waals surface area contributed by atoms with E-state index in [9.17, 15) is 18.0 Å². The number of para-hydroxylation sites is 2. The highest BCUT2D eigenvalue weighted by molar-refractivity contribution is 7.89.